The van der Waals surface area contributed by atoms with Crippen molar-refractivity contribution in [1.29, 1.82) is 0 Å². The molecule has 0 aromatic rings. The molecule has 9 unspecified atom stereocenters. The quantitative estimate of drug-likeness (QED) is 0.190. The van der Waals surface area contributed by atoms with Crippen molar-refractivity contribution in [2.45, 2.75) is 61.7 Å². The third-order valence-corrected chi connectivity index (χ3v) is 3.58. The van der Waals surface area contributed by atoms with E-state index in [1.807, 2.05) is 0 Å². The van der Waals surface area contributed by atoms with E-state index in [0.717, 1.165) is 0 Å². The number of hydrogen-bond acceptors (Lipinski definition) is 11. The Bertz CT molecular complexity index is 341. The molecule has 11 nitrogen and oxygen atoms in total. The average Bonchev–Trinajstić information content (AvgIpc) is 2.53. The van der Waals surface area contributed by atoms with E-state index in [9.17, 15) is 35.7 Å². The first kappa shape index (κ1) is 20.6. The van der Waals surface area contributed by atoms with Gasteiger partial charge in [0.1, 0.15) is 36.6 Å². The Hall–Kier alpha value is -0.440. The minimum Gasteiger partial charge on any atom is -0.396 e. The van der Waals surface area contributed by atoms with Crippen LogP contribution in [0.25, 0.3) is 0 Å². The van der Waals surface area contributed by atoms with Gasteiger partial charge in [-0.3, -0.25) is 0 Å². The average molecular weight is 344 g/mol. The van der Waals surface area contributed by atoms with Gasteiger partial charge in [-0.25, -0.2) is 0 Å². The van der Waals surface area contributed by atoms with Gasteiger partial charge in [0.05, 0.1) is 12.7 Å². The van der Waals surface area contributed by atoms with Crippen molar-refractivity contribution in [3.63, 3.8) is 0 Å². The summed E-state index contributed by atoms with van der Waals surface area (Å²) in [6.45, 7) is -1.17. The fourth-order valence-electron chi connectivity index (χ4n) is 2.10. The van der Waals surface area contributed by atoms with E-state index < -0.39 is 68.5 Å². The SMILES string of the molecule is OCCC(O)C(O)C(O)C(O)OC1OC(CO)C(O)C(O)C1O. The van der Waals surface area contributed by atoms with Gasteiger partial charge in [-0.1, -0.05) is 0 Å². The van der Waals surface area contributed by atoms with Gasteiger partial charge in [-0.15, -0.1) is 0 Å². The zero-order valence-electron chi connectivity index (χ0n) is 12.2. The van der Waals surface area contributed by atoms with Crippen molar-refractivity contribution in [3.8, 4) is 0 Å². The Labute approximate surface area is 131 Å². The molecule has 1 aliphatic rings. The Morgan fingerprint density at radius 1 is 0.870 bits per heavy atom. The van der Waals surface area contributed by atoms with Crippen LogP contribution in [0.2, 0.25) is 0 Å². The normalized spacial score (nSPS) is 37.2. The zero-order chi connectivity index (χ0) is 17.7. The van der Waals surface area contributed by atoms with Crippen LogP contribution in [-0.2, 0) is 9.47 Å². The summed E-state index contributed by atoms with van der Waals surface area (Å²) in [6, 6.07) is 0. The molecule has 0 spiro atoms. The van der Waals surface area contributed by atoms with Crippen molar-refractivity contribution >= 4 is 0 Å². The maximum Gasteiger partial charge on any atom is 0.189 e. The van der Waals surface area contributed by atoms with Gasteiger partial charge in [0.25, 0.3) is 0 Å². The largest absolute Gasteiger partial charge is 0.396 e. The Morgan fingerprint density at radius 2 is 1.48 bits per heavy atom. The Kier molecular flexibility index (Phi) is 8.20. The molecule has 0 aromatic heterocycles. The molecule has 11 heteroatoms. The summed E-state index contributed by atoms with van der Waals surface area (Å²) < 4.78 is 9.73. The summed E-state index contributed by atoms with van der Waals surface area (Å²) in [5.41, 5.74) is 0. The number of rotatable bonds is 8. The smallest absolute Gasteiger partial charge is 0.189 e. The fraction of sp³-hybridized carbons (Fsp3) is 1.00. The van der Waals surface area contributed by atoms with Crippen molar-refractivity contribution in [2.75, 3.05) is 13.2 Å². The molecule has 0 saturated carbocycles. The highest BCUT2D eigenvalue weighted by molar-refractivity contribution is 4.89. The molecule has 0 aromatic carbocycles. The van der Waals surface area contributed by atoms with Crippen LogP contribution in [0.15, 0.2) is 0 Å². The molecular formula is C12H24O11. The van der Waals surface area contributed by atoms with E-state index >= 15 is 0 Å². The monoisotopic (exact) mass is 344 g/mol. The predicted molar refractivity (Wildman–Crippen MR) is 70.6 cm³/mol. The zero-order valence-corrected chi connectivity index (χ0v) is 12.2. The van der Waals surface area contributed by atoms with E-state index in [2.05, 4.69) is 0 Å². The molecule has 0 aliphatic carbocycles. The van der Waals surface area contributed by atoms with Gasteiger partial charge < -0.3 is 55.4 Å². The van der Waals surface area contributed by atoms with Gasteiger partial charge in [-0.05, 0) is 6.42 Å². The summed E-state index contributed by atoms with van der Waals surface area (Å²) in [5.74, 6) is 0. The lowest BCUT2D eigenvalue weighted by Crippen LogP contribution is -2.60. The standard InChI is InChI=1S/C12H24O11/c13-2-1-4(15)6(16)9(19)11(21)23-12-10(20)8(18)7(17)5(3-14)22-12/h4-21H,1-3H2. The summed E-state index contributed by atoms with van der Waals surface area (Å²) in [5, 5.41) is 84.9. The van der Waals surface area contributed by atoms with Crippen LogP contribution in [0.3, 0.4) is 0 Å². The topological polar surface area (TPSA) is 201 Å². The van der Waals surface area contributed by atoms with Crippen molar-refractivity contribution < 1.29 is 55.4 Å². The number of aliphatic hydroxyl groups excluding tert-OH is 9. The van der Waals surface area contributed by atoms with Crippen molar-refractivity contribution in [3.05, 3.63) is 0 Å². The summed E-state index contributed by atoms with van der Waals surface area (Å²) in [4.78, 5) is 0. The van der Waals surface area contributed by atoms with Crippen LogP contribution in [0.4, 0.5) is 0 Å². The summed E-state index contributed by atoms with van der Waals surface area (Å²) in [7, 11) is 0. The number of ether oxygens (including phenoxy) is 2. The molecule has 1 heterocycles. The van der Waals surface area contributed by atoms with E-state index in [1.165, 1.54) is 0 Å². The second-order valence-electron chi connectivity index (χ2n) is 5.28. The van der Waals surface area contributed by atoms with Crippen LogP contribution in [0.5, 0.6) is 0 Å². The molecule has 9 N–H and O–H groups in total. The van der Waals surface area contributed by atoms with Crippen LogP contribution < -0.4 is 0 Å². The second kappa shape index (κ2) is 9.15. The molecular weight excluding hydrogens is 320 g/mol. The lowest BCUT2D eigenvalue weighted by molar-refractivity contribution is -0.346. The maximum absolute atomic E-state index is 9.70. The van der Waals surface area contributed by atoms with Gasteiger partial charge >= 0.3 is 0 Å². The Morgan fingerprint density at radius 3 is 2.00 bits per heavy atom. The van der Waals surface area contributed by atoms with Crippen LogP contribution in [0, 0.1) is 0 Å². The lowest BCUT2D eigenvalue weighted by atomic mass is 9.99. The lowest BCUT2D eigenvalue weighted by Gasteiger charge is -2.40. The highest BCUT2D eigenvalue weighted by atomic mass is 16.8. The summed E-state index contributed by atoms with van der Waals surface area (Å²) in [6.07, 6.45) is -15.9. The molecule has 0 bridgehead atoms. The van der Waals surface area contributed by atoms with E-state index in [-0.39, 0.29) is 6.42 Å². The van der Waals surface area contributed by atoms with E-state index in [4.69, 9.17) is 19.7 Å². The Balaban J connectivity index is 2.66. The summed E-state index contributed by atoms with van der Waals surface area (Å²) >= 11 is 0. The van der Waals surface area contributed by atoms with Crippen LogP contribution in [0.1, 0.15) is 6.42 Å². The van der Waals surface area contributed by atoms with Gasteiger partial charge in [0.2, 0.25) is 0 Å². The van der Waals surface area contributed by atoms with E-state index in [1.54, 1.807) is 0 Å². The van der Waals surface area contributed by atoms with E-state index in [0.29, 0.717) is 0 Å². The molecule has 1 aliphatic heterocycles. The first-order valence-corrected chi connectivity index (χ1v) is 7.03. The molecule has 1 saturated heterocycles. The highest BCUT2D eigenvalue weighted by Crippen LogP contribution is 2.23. The van der Waals surface area contributed by atoms with Gasteiger partial charge in [0, 0.05) is 6.61 Å². The molecule has 138 valence electrons. The van der Waals surface area contributed by atoms with Gasteiger partial charge in [-0.2, -0.15) is 0 Å². The molecule has 1 rings (SSSR count). The van der Waals surface area contributed by atoms with Crippen LogP contribution >= 0.6 is 0 Å². The first-order chi connectivity index (χ1) is 10.7. The predicted octanol–water partition coefficient (Wildman–Crippen LogP) is -5.41. The van der Waals surface area contributed by atoms with Gasteiger partial charge in [0.15, 0.2) is 12.6 Å². The van der Waals surface area contributed by atoms with Crippen molar-refractivity contribution in [1.82, 2.24) is 0 Å². The minimum atomic E-state index is -2.13. The second-order valence-corrected chi connectivity index (χ2v) is 5.28. The first-order valence-electron chi connectivity index (χ1n) is 7.03. The fourth-order valence-corrected chi connectivity index (χ4v) is 2.10. The van der Waals surface area contributed by atoms with Crippen LogP contribution in [-0.4, -0.2) is 114 Å². The third-order valence-electron chi connectivity index (χ3n) is 3.58. The number of aliphatic hydroxyl groups is 9. The van der Waals surface area contributed by atoms with Crippen molar-refractivity contribution in [2.24, 2.45) is 0 Å². The number of hydrogen-bond donors (Lipinski definition) is 9. The minimum absolute atomic E-state index is 0.259. The highest BCUT2D eigenvalue weighted by Gasteiger charge is 2.45. The molecule has 0 radical (unpaired) electrons. The molecule has 23 heavy (non-hydrogen) atoms. The molecule has 0 amide bonds. The molecule has 9 atom stereocenters. The molecule has 1 fully saturated rings. The maximum atomic E-state index is 9.70. The third kappa shape index (κ3) is 5.01.